The highest BCUT2D eigenvalue weighted by atomic mass is 19.1. The van der Waals surface area contributed by atoms with Gasteiger partial charge in [-0.15, -0.1) is 0 Å². The zero-order valence-corrected chi connectivity index (χ0v) is 10.5. The molecule has 19 heavy (non-hydrogen) atoms. The first-order chi connectivity index (χ1) is 9.16. The third kappa shape index (κ3) is 1.95. The molecule has 0 saturated carbocycles. The predicted octanol–water partition coefficient (Wildman–Crippen LogP) is 3.21. The summed E-state index contributed by atoms with van der Waals surface area (Å²) in [5, 5.41) is 0. The van der Waals surface area contributed by atoms with Crippen LogP contribution in [0.25, 0.3) is 11.0 Å². The van der Waals surface area contributed by atoms with Crippen LogP contribution in [0.5, 0.6) is 0 Å². The molecule has 0 aliphatic heterocycles. The molecule has 1 atom stereocenters. The minimum Gasteiger partial charge on any atom is -0.399 e. The number of halogens is 1. The quantitative estimate of drug-likeness (QED) is 0.714. The number of nitrogens with zero attached hydrogens (tertiary/aromatic N) is 2. The smallest absolute Gasteiger partial charge is 0.183 e. The fourth-order valence-corrected chi connectivity index (χ4v) is 2.26. The highest BCUT2D eigenvalue weighted by molar-refractivity contribution is 5.76. The van der Waals surface area contributed by atoms with Crippen molar-refractivity contribution in [1.82, 2.24) is 9.55 Å². The number of anilines is 1. The van der Waals surface area contributed by atoms with E-state index >= 15 is 0 Å². The van der Waals surface area contributed by atoms with Gasteiger partial charge in [0, 0.05) is 12.7 Å². The Hall–Kier alpha value is -2.36. The van der Waals surface area contributed by atoms with Crippen LogP contribution in [0.3, 0.4) is 0 Å². The van der Waals surface area contributed by atoms with Gasteiger partial charge in [0.25, 0.3) is 0 Å². The maximum absolute atomic E-state index is 14.6. The number of aromatic nitrogens is 2. The standard InChI is InChI=1S/C15H14FN3/c1-19-13-8-3-2-7-12(13)18-15(19)14(16)10-5-4-6-11(17)9-10/h2-9,14H,17H2,1H3. The Morgan fingerprint density at radius 2 is 1.95 bits per heavy atom. The number of aryl methyl sites for hydroxylation is 1. The highest BCUT2D eigenvalue weighted by Gasteiger charge is 2.19. The van der Waals surface area contributed by atoms with Crippen LogP contribution in [0, 0.1) is 0 Å². The Morgan fingerprint density at radius 3 is 2.68 bits per heavy atom. The Morgan fingerprint density at radius 1 is 1.16 bits per heavy atom. The summed E-state index contributed by atoms with van der Waals surface area (Å²) in [4.78, 5) is 4.37. The lowest BCUT2D eigenvalue weighted by molar-refractivity contribution is 0.377. The van der Waals surface area contributed by atoms with Gasteiger partial charge in [-0.2, -0.15) is 0 Å². The summed E-state index contributed by atoms with van der Waals surface area (Å²) in [6.45, 7) is 0. The van der Waals surface area contributed by atoms with Crippen LogP contribution < -0.4 is 5.73 Å². The molecular weight excluding hydrogens is 241 g/mol. The molecule has 3 rings (SSSR count). The molecule has 0 spiro atoms. The Balaban J connectivity index is 2.11. The zero-order valence-electron chi connectivity index (χ0n) is 10.5. The van der Waals surface area contributed by atoms with E-state index < -0.39 is 6.17 Å². The van der Waals surface area contributed by atoms with Gasteiger partial charge in [-0.05, 0) is 29.8 Å². The Labute approximate surface area is 110 Å². The molecular formula is C15H14FN3. The van der Waals surface area contributed by atoms with Crippen LogP contribution in [-0.4, -0.2) is 9.55 Å². The van der Waals surface area contributed by atoms with Crippen LogP contribution in [0.4, 0.5) is 10.1 Å². The second-order valence-corrected chi connectivity index (χ2v) is 4.55. The van der Waals surface area contributed by atoms with Crippen LogP contribution >= 0.6 is 0 Å². The van der Waals surface area contributed by atoms with Crippen LogP contribution in [0.2, 0.25) is 0 Å². The van der Waals surface area contributed by atoms with Crippen molar-refractivity contribution in [3.63, 3.8) is 0 Å². The van der Waals surface area contributed by atoms with Crippen LogP contribution in [-0.2, 0) is 7.05 Å². The maximum atomic E-state index is 14.6. The van der Waals surface area contributed by atoms with E-state index in [1.54, 1.807) is 28.8 Å². The summed E-state index contributed by atoms with van der Waals surface area (Å²) < 4.78 is 16.4. The van der Waals surface area contributed by atoms with Gasteiger partial charge in [-0.3, -0.25) is 0 Å². The SMILES string of the molecule is Cn1c(C(F)c2cccc(N)c2)nc2ccccc21. The molecule has 0 fully saturated rings. The van der Waals surface area contributed by atoms with Gasteiger partial charge in [0.2, 0.25) is 0 Å². The van der Waals surface area contributed by atoms with Gasteiger partial charge in [-0.25, -0.2) is 9.37 Å². The van der Waals surface area contributed by atoms with E-state index in [0.29, 0.717) is 17.1 Å². The number of alkyl halides is 1. The van der Waals surface area contributed by atoms with E-state index in [9.17, 15) is 4.39 Å². The molecule has 0 radical (unpaired) electrons. The van der Waals surface area contributed by atoms with E-state index in [2.05, 4.69) is 4.98 Å². The van der Waals surface area contributed by atoms with Crippen molar-refractivity contribution in [2.45, 2.75) is 6.17 Å². The molecule has 4 heteroatoms. The first-order valence-electron chi connectivity index (χ1n) is 6.07. The predicted molar refractivity (Wildman–Crippen MR) is 74.5 cm³/mol. The van der Waals surface area contributed by atoms with Crippen molar-refractivity contribution in [2.75, 3.05) is 5.73 Å². The van der Waals surface area contributed by atoms with Crippen molar-refractivity contribution >= 4 is 16.7 Å². The van der Waals surface area contributed by atoms with E-state index in [1.165, 1.54) is 0 Å². The largest absolute Gasteiger partial charge is 0.399 e. The third-order valence-electron chi connectivity index (χ3n) is 3.25. The number of hydrogen-bond donors (Lipinski definition) is 1. The van der Waals surface area contributed by atoms with E-state index in [0.717, 1.165) is 11.0 Å². The summed E-state index contributed by atoms with van der Waals surface area (Å²) in [6.07, 6.45) is -1.28. The molecule has 2 aromatic carbocycles. The summed E-state index contributed by atoms with van der Waals surface area (Å²) in [5.74, 6) is 0.395. The molecule has 0 aliphatic carbocycles. The summed E-state index contributed by atoms with van der Waals surface area (Å²) >= 11 is 0. The Bertz CT molecular complexity index is 733. The molecule has 3 aromatic rings. The van der Waals surface area contributed by atoms with Crippen molar-refractivity contribution in [3.05, 3.63) is 59.9 Å². The molecule has 0 aliphatic rings. The molecule has 0 bridgehead atoms. The van der Waals surface area contributed by atoms with Crippen molar-refractivity contribution in [1.29, 1.82) is 0 Å². The second kappa shape index (κ2) is 4.39. The van der Waals surface area contributed by atoms with E-state index in [1.807, 2.05) is 31.3 Å². The van der Waals surface area contributed by atoms with Crippen molar-refractivity contribution in [2.24, 2.45) is 7.05 Å². The fourth-order valence-electron chi connectivity index (χ4n) is 2.26. The second-order valence-electron chi connectivity index (χ2n) is 4.55. The van der Waals surface area contributed by atoms with Gasteiger partial charge < -0.3 is 10.3 Å². The normalized spacial score (nSPS) is 12.7. The van der Waals surface area contributed by atoms with Gasteiger partial charge >= 0.3 is 0 Å². The zero-order chi connectivity index (χ0) is 13.4. The molecule has 0 amide bonds. The van der Waals surface area contributed by atoms with Crippen molar-refractivity contribution in [3.8, 4) is 0 Å². The van der Waals surface area contributed by atoms with Gasteiger partial charge in [-0.1, -0.05) is 24.3 Å². The first kappa shape index (κ1) is 11.7. The summed E-state index contributed by atoms with van der Waals surface area (Å²) in [7, 11) is 1.82. The van der Waals surface area contributed by atoms with Crippen LogP contribution in [0.1, 0.15) is 17.6 Å². The van der Waals surface area contributed by atoms with Gasteiger partial charge in [0.15, 0.2) is 6.17 Å². The molecule has 3 nitrogen and oxygen atoms in total. The lowest BCUT2D eigenvalue weighted by Gasteiger charge is -2.09. The molecule has 1 heterocycles. The highest BCUT2D eigenvalue weighted by Crippen LogP contribution is 2.28. The minimum atomic E-state index is -1.28. The average molecular weight is 255 g/mol. The molecule has 2 N–H and O–H groups in total. The molecule has 96 valence electrons. The molecule has 1 unspecified atom stereocenters. The fraction of sp³-hybridized carbons (Fsp3) is 0.133. The minimum absolute atomic E-state index is 0.395. The van der Waals surface area contributed by atoms with E-state index in [4.69, 9.17) is 5.73 Å². The topological polar surface area (TPSA) is 43.8 Å². The van der Waals surface area contributed by atoms with Gasteiger partial charge in [0.1, 0.15) is 5.82 Å². The first-order valence-corrected chi connectivity index (χ1v) is 6.07. The number of nitrogen functional groups attached to an aromatic ring is 1. The third-order valence-corrected chi connectivity index (χ3v) is 3.25. The van der Waals surface area contributed by atoms with Crippen molar-refractivity contribution < 1.29 is 4.39 Å². The number of imidazole rings is 1. The number of benzene rings is 2. The lowest BCUT2D eigenvalue weighted by Crippen LogP contribution is -2.04. The Kier molecular flexibility index (Phi) is 2.71. The van der Waals surface area contributed by atoms with Crippen LogP contribution in [0.15, 0.2) is 48.5 Å². The summed E-state index contributed by atoms with van der Waals surface area (Å²) in [6, 6.07) is 14.5. The molecule has 0 saturated heterocycles. The number of para-hydroxylation sites is 2. The number of rotatable bonds is 2. The maximum Gasteiger partial charge on any atom is 0.183 e. The summed E-state index contributed by atoms with van der Waals surface area (Å²) in [5.41, 5.74) is 8.49. The average Bonchev–Trinajstić information content (AvgIpc) is 2.76. The molecule has 1 aromatic heterocycles. The number of nitrogens with two attached hydrogens (primary N) is 1. The van der Waals surface area contributed by atoms with Gasteiger partial charge in [0.05, 0.1) is 11.0 Å². The lowest BCUT2D eigenvalue weighted by atomic mass is 10.1. The number of fused-ring (bicyclic) bond motifs is 1. The number of hydrogen-bond acceptors (Lipinski definition) is 2. The monoisotopic (exact) mass is 255 g/mol. The van der Waals surface area contributed by atoms with E-state index in [-0.39, 0.29) is 0 Å².